The van der Waals surface area contributed by atoms with Crippen LogP contribution in [0.15, 0.2) is 11.3 Å². The van der Waals surface area contributed by atoms with Gasteiger partial charge in [-0.05, 0) is 39.8 Å². The molecule has 0 aromatic heterocycles. The van der Waals surface area contributed by atoms with Crippen LogP contribution in [0, 0.1) is 5.92 Å². The van der Waals surface area contributed by atoms with Crippen molar-refractivity contribution in [2.45, 2.75) is 53.2 Å². The van der Waals surface area contributed by atoms with Crippen molar-refractivity contribution >= 4 is 0 Å². The Balaban J connectivity index is 2.75. The Morgan fingerprint density at radius 3 is 2.29 bits per heavy atom. The first-order valence-electron chi connectivity index (χ1n) is 5.49. The lowest BCUT2D eigenvalue weighted by Gasteiger charge is -2.35. The second kappa shape index (κ2) is 3.93. The Kier molecular flexibility index (Phi) is 3.25. The number of rotatable bonds is 3. The molecule has 1 heterocycles. The molecule has 2 heteroatoms. The van der Waals surface area contributed by atoms with E-state index < -0.39 is 0 Å². The molecule has 0 bridgehead atoms. The molecule has 0 fully saturated rings. The maximum absolute atomic E-state index is 5.92. The SMILES string of the molecule is CCNC(C)(C)C1OC(C)=C(C)C1C. The van der Waals surface area contributed by atoms with Crippen molar-refractivity contribution < 1.29 is 4.74 Å². The van der Waals surface area contributed by atoms with E-state index in [1.807, 2.05) is 0 Å². The third kappa shape index (κ3) is 1.95. The minimum absolute atomic E-state index is 0.0488. The van der Waals surface area contributed by atoms with Gasteiger partial charge in [0.1, 0.15) is 6.10 Å². The van der Waals surface area contributed by atoms with Gasteiger partial charge in [-0.25, -0.2) is 0 Å². The van der Waals surface area contributed by atoms with Gasteiger partial charge < -0.3 is 10.1 Å². The summed E-state index contributed by atoms with van der Waals surface area (Å²) in [6, 6.07) is 0. The van der Waals surface area contributed by atoms with E-state index in [4.69, 9.17) is 4.74 Å². The van der Waals surface area contributed by atoms with Crippen molar-refractivity contribution in [2.24, 2.45) is 5.92 Å². The van der Waals surface area contributed by atoms with Gasteiger partial charge in [-0.15, -0.1) is 0 Å². The van der Waals surface area contributed by atoms with Crippen molar-refractivity contribution in [2.75, 3.05) is 6.54 Å². The lowest BCUT2D eigenvalue weighted by Crippen LogP contribution is -2.51. The van der Waals surface area contributed by atoms with Crippen LogP contribution in [-0.4, -0.2) is 18.2 Å². The Labute approximate surface area is 87.7 Å². The molecule has 1 aliphatic heterocycles. The van der Waals surface area contributed by atoms with E-state index in [2.05, 4.69) is 46.9 Å². The zero-order valence-corrected chi connectivity index (χ0v) is 10.3. The quantitative estimate of drug-likeness (QED) is 0.751. The molecule has 82 valence electrons. The third-order valence-electron chi connectivity index (χ3n) is 3.34. The molecule has 0 amide bonds. The van der Waals surface area contributed by atoms with E-state index in [-0.39, 0.29) is 11.6 Å². The molecule has 0 spiro atoms. The van der Waals surface area contributed by atoms with Crippen molar-refractivity contribution in [1.82, 2.24) is 5.32 Å². The monoisotopic (exact) mass is 197 g/mol. The molecule has 0 aromatic rings. The Bertz CT molecular complexity index is 243. The first kappa shape index (κ1) is 11.6. The highest BCUT2D eigenvalue weighted by molar-refractivity contribution is 5.17. The van der Waals surface area contributed by atoms with E-state index in [0.717, 1.165) is 12.3 Å². The molecular weight excluding hydrogens is 174 g/mol. The molecular formula is C12H23NO. The van der Waals surface area contributed by atoms with E-state index in [9.17, 15) is 0 Å². The molecule has 0 radical (unpaired) electrons. The van der Waals surface area contributed by atoms with E-state index >= 15 is 0 Å². The maximum Gasteiger partial charge on any atom is 0.122 e. The van der Waals surface area contributed by atoms with Crippen LogP contribution in [0.25, 0.3) is 0 Å². The van der Waals surface area contributed by atoms with E-state index in [1.54, 1.807) is 0 Å². The van der Waals surface area contributed by atoms with E-state index in [1.165, 1.54) is 5.57 Å². The van der Waals surface area contributed by atoms with Crippen LogP contribution in [0.1, 0.15) is 41.5 Å². The second-order valence-electron chi connectivity index (χ2n) is 4.82. The Morgan fingerprint density at radius 2 is 1.93 bits per heavy atom. The van der Waals surface area contributed by atoms with Crippen LogP contribution in [-0.2, 0) is 4.74 Å². The van der Waals surface area contributed by atoms with Gasteiger partial charge >= 0.3 is 0 Å². The highest BCUT2D eigenvalue weighted by Gasteiger charge is 2.40. The molecule has 0 saturated heterocycles. The summed E-state index contributed by atoms with van der Waals surface area (Å²) in [4.78, 5) is 0. The fraction of sp³-hybridized carbons (Fsp3) is 0.833. The third-order valence-corrected chi connectivity index (χ3v) is 3.34. The van der Waals surface area contributed by atoms with Gasteiger partial charge in [0.2, 0.25) is 0 Å². The number of allylic oxidation sites excluding steroid dienone is 1. The molecule has 14 heavy (non-hydrogen) atoms. The number of nitrogens with one attached hydrogen (secondary N) is 1. The zero-order valence-electron chi connectivity index (χ0n) is 10.3. The first-order chi connectivity index (χ1) is 6.40. The van der Waals surface area contributed by atoms with Crippen LogP contribution in [0.3, 0.4) is 0 Å². The van der Waals surface area contributed by atoms with Gasteiger partial charge in [0.25, 0.3) is 0 Å². The molecule has 1 aliphatic rings. The van der Waals surface area contributed by atoms with Gasteiger partial charge in [-0.1, -0.05) is 13.8 Å². The van der Waals surface area contributed by atoms with Crippen LogP contribution in [0.5, 0.6) is 0 Å². The molecule has 1 N–H and O–H groups in total. The van der Waals surface area contributed by atoms with Crippen molar-refractivity contribution in [3.63, 3.8) is 0 Å². The summed E-state index contributed by atoms with van der Waals surface area (Å²) < 4.78 is 5.92. The minimum atomic E-state index is 0.0488. The summed E-state index contributed by atoms with van der Waals surface area (Å²) in [5, 5.41) is 3.48. The molecule has 2 nitrogen and oxygen atoms in total. The topological polar surface area (TPSA) is 21.3 Å². The fourth-order valence-corrected chi connectivity index (χ4v) is 2.26. The average molecular weight is 197 g/mol. The minimum Gasteiger partial charge on any atom is -0.493 e. The smallest absolute Gasteiger partial charge is 0.122 e. The predicted molar refractivity (Wildman–Crippen MR) is 60.2 cm³/mol. The highest BCUT2D eigenvalue weighted by Crippen LogP contribution is 2.35. The first-order valence-corrected chi connectivity index (χ1v) is 5.49. The van der Waals surface area contributed by atoms with Gasteiger partial charge in [0.15, 0.2) is 0 Å². The summed E-state index contributed by atoms with van der Waals surface area (Å²) in [5.41, 5.74) is 1.44. The summed E-state index contributed by atoms with van der Waals surface area (Å²) in [6.45, 7) is 14.0. The van der Waals surface area contributed by atoms with E-state index in [0.29, 0.717) is 5.92 Å². The average Bonchev–Trinajstić information content (AvgIpc) is 2.33. The molecule has 0 saturated carbocycles. The summed E-state index contributed by atoms with van der Waals surface area (Å²) >= 11 is 0. The van der Waals surface area contributed by atoms with Gasteiger partial charge in [0, 0.05) is 5.92 Å². The van der Waals surface area contributed by atoms with Crippen molar-refractivity contribution in [3.05, 3.63) is 11.3 Å². The molecule has 2 unspecified atom stereocenters. The fourth-order valence-electron chi connectivity index (χ4n) is 2.26. The largest absolute Gasteiger partial charge is 0.493 e. The lowest BCUT2D eigenvalue weighted by molar-refractivity contribution is 0.0427. The standard InChI is InChI=1S/C12H23NO/c1-7-13-12(5,6)11-9(3)8(2)10(4)14-11/h9,11,13H,7H2,1-6H3. The summed E-state index contributed by atoms with van der Waals surface area (Å²) in [6.07, 6.45) is 0.266. The lowest BCUT2D eigenvalue weighted by atomic mass is 9.85. The molecule has 1 rings (SSSR count). The number of hydrogen-bond donors (Lipinski definition) is 1. The predicted octanol–water partition coefficient (Wildman–Crippen LogP) is 2.70. The Hall–Kier alpha value is -0.500. The van der Waals surface area contributed by atoms with Gasteiger partial charge in [-0.3, -0.25) is 0 Å². The normalized spacial score (nSPS) is 28.1. The number of hydrogen-bond acceptors (Lipinski definition) is 2. The second-order valence-corrected chi connectivity index (χ2v) is 4.82. The van der Waals surface area contributed by atoms with Crippen LogP contribution < -0.4 is 5.32 Å². The Morgan fingerprint density at radius 1 is 1.36 bits per heavy atom. The van der Waals surface area contributed by atoms with Crippen LogP contribution in [0.4, 0.5) is 0 Å². The van der Waals surface area contributed by atoms with Gasteiger partial charge in [0.05, 0.1) is 11.3 Å². The summed E-state index contributed by atoms with van der Waals surface area (Å²) in [5.74, 6) is 1.62. The van der Waals surface area contributed by atoms with Crippen molar-refractivity contribution in [1.29, 1.82) is 0 Å². The number of likely N-dealkylation sites (N-methyl/N-ethyl adjacent to an activating group) is 1. The maximum atomic E-state index is 5.92. The zero-order chi connectivity index (χ0) is 10.9. The highest BCUT2D eigenvalue weighted by atomic mass is 16.5. The summed E-state index contributed by atoms with van der Waals surface area (Å²) in [7, 11) is 0. The van der Waals surface area contributed by atoms with Crippen molar-refractivity contribution in [3.8, 4) is 0 Å². The van der Waals surface area contributed by atoms with Crippen LogP contribution >= 0.6 is 0 Å². The molecule has 2 atom stereocenters. The molecule has 0 aliphatic carbocycles. The van der Waals surface area contributed by atoms with Gasteiger partial charge in [-0.2, -0.15) is 0 Å². The van der Waals surface area contributed by atoms with Crippen LogP contribution in [0.2, 0.25) is 0 Å². The molecule has 0 aromatic carbocycles. The number of ether oxygens (including phenoxy) is 1.